The molecule has 0 aliphatic heterocycles. The molecule has 2 N–H and O–H groups in total. The third-order valence-electron chi connectivity index (χ3n) is 3.36. The lowest BCUT2D eigenvalue weighted by Crippen LogP contribution is -2.12. The van der Waals surface area contributed by atoms with E-state index < -0.39 is 17.5 Å². The highest BCUT2D eigenvalue weighted by atomic mass is 35.5. The van der Waals surface area contributed by atoms with Crippen LogP contribution < -0.4 is 10.6 Å². The molecule has 1 heterocycles. The van der Waals surface area contributed by atoms with Crippen LogP contribution in [0.25, 0.3) is 0 Å². The lowest BCUT2D eigenvalue weighted by molar-refractivity contribution is 0.102. The fourth-order valence-electron chi connectivity index (χ4n) is 2.10. The van der Waals surface area contributed by atoms with E-state index in [1.165, 1.54) is 24.4 Å². The van der Waals surface area contributed by atoms with Crippen LogP contribution >= 0.6 is 11.6 Å². The number of hydrogen-bond donors (Lipinski definition) is 2. The Bertz CT molecular complexity index is 896. The maximum Gasteiger partial charge on any atom is 0.257 e. The zero-order valence-corrected chi connectivity index (χ0v) is 13.5. The molecule has 0 saturated heterocycles. The maximum atomic E-state index is 13.6. The molecule has 0 aliphatic carbocycles. The summed E-state index contributed by atoms with van der Waals surface area (Å²) in [6.07, 6.45) is 1.30. The SMILES string of the molecule is O=C(Nc1ccccc1Cl)c1ccc(Nc2c(F)cccc2F)nc1. The normalized spacial score (nSPS) is 10.4. The van der Waals surface area contributed by atoms with E-state index in [2.05, 4.69) is 15.6 Å². The monoisotopic (exact) mass is 359 g/mol. The number of halogens is 3. The molecule has 25 heavy (non-hydrogen) atoms. The molecule has 0 atom stereocenters. The summed E-state index contributed by atoms with van der Waals surface area (Å²) in [6.45, 7) is 0. The first-order valence-corrected chi connectivity index (χ1v) is 7.65. The van der Waals surface area contributed by atoms with Crippen LogP contribution in [0.3, 0.4) is 0 Å². The van der Waals surface area contributed by atoms with Gasteiger partial charge in [-0.25, -0.2) is 13.8 Å². The second-order valence-electron chi connectivity index (χ2n) is 5.09. The van der Waals surface area contributed by atoms with Crippen LogP contribution in [0.2, 0.25) is 5.02 Å². The van der Waals surface area contributed by atoms with Crippen molar-refractivity contribution in [3.63, 3.8) is 0 Å². The molecule has 4 nitrogen and oxygen atoms in total. The van der Waals surface area contributed by atoms with Crippen molar-refractivity contribution in [2.45, 2.75) is 0 Å². The number of hydrogen-bond acceptors (Lipinski definition) is 3. The van der Waals surface area contributed by atoms with Gasteiger partial charge in [0.05, 0.1) is 16.3 Å². The van der Waals surface area contributed by atoms with Crippen LogP contribution in [-0.2, 0) is 0 Å². The predicted octanol–water partition coefficient (Wildman–Crippen LogP) is 5.01. The average molecular weight is 360 g/mol. The van der Waals surface area contributed by atoms with Crippen molar-refractivity contribution in [3.8, 4) is 0 Å². The molecule has 0 unspecified atom stereocenters. The Morgan fingerprint density at radius 3 is 2.32 bits per heavy atom. The highest BCUT2D eigenvalue weighted by Gasteiger charge is 2.11. The van der Waals surface area contributed by atoms with E-state index in [-0.39, 0.29) is 17.1 Å². The van der Waals surface area contributed by atoms with Crippen molar-refractivity contribution >= 4 is 34.7 Å². The van der Waals surface area contributed by atoms with Crippen LogP contribution in [0.15, 0.2) is 60.8 Å². The predicted molar refractivity (Wildman–Crippen MR) is 93.3 cm³/mol. The van der Waals surface area contributed by atoms with Gasteiger partial charge in [-0.15, -0.1) is 0 Å². The molecule has 0 aliphatic rings. The van der Waals surface area contributed by atoms with Crippen molar-refractivity contribution in [3.05, 3.63) is 83.0 Å². The number of nitrogens with one attached hydrogen (secondary N) is 2. The van der Waals surface area contributed by atoms with E-state index in [1.54, 1.807) is 24.3 Å². The summed E-state index contributed by atoms with van der Waals surface area (Å²) in [6, 6.07) is 13.3. The van der Waals surface area contributed by atoms with Gasteiger partial charge in [-0.3, -0.25) is 4.79 Å². The van der Waals surface area contributed by atoms with Gasteiger partial charge in [-0.1, -0.05) is 29.8 Å². The van der Waals surface area contributed by atoms with Gasteiger partial charge >= 0.3 is 0 Å². The molecule has 1 amide bonds. The number of carbonyl (C=O) groups excluding carboxylic acids is 1. The largest absolute Gasteiger partial charge is 0.335 e. The van der Waals surface area contributed by atoms with Crippen molar-refractivity contribution in [1.82, 2.24) is 4.98 Å². The van der Waals surface area contributed by atoms with E-state index in [0.717, 1.165) is 12.1 Å². The highest BCUT2D eigenvalue weighted by molar-refractivity contribution is 6.33. The van der Waals surface area contributed by atoms with E-state index in [4.69, 9.17) is 11.6 Å². The minimum absolute atomic E-state index is 0.207. The summed E-state index contributed by atoms with van der Waals surface area (Å²) in [5.41, 5.74) is 0.451. The summed E-state index contributed by atoms with van der Waals surface area (Å²) in [7, 11) is 0. The smallest absolute Gasteiger partial charge is 0.257 e. The molecule has 0 bridgehead atoms. The Morgan fingerprint density at radius 1 is 0.960 bits per heavy atom. The lowest BCUT2D eigenvalue weighted by atomic mass is 10.2. The molecule has 0 saturated carbocycles. The summed E-state index contributed by atoms with van der Waals surface area (Å²) in [4.78, 5) is 16.2. The number of aromatic nitrogens is 1. The number of pyridine rings is 1. The molecule has 2 aromatic carbocycles. The average Bonchev–Trinajstić information content (AvgIpc) is 2.61. The Kier molecular flexibility index (Phi) is 4.90. The second kappa shape index (κ2) is 7.27. The molecule has 0 spiro atoms. The van der Waals surface area contributed by atoms with Crippen LogP contribution in [-0.4, -0.2) is 10.9 Å². The first-order chi connectivity index (χ1) is 12.0. The zero-order valence-electron chi connectivity index (χ0n) is 12.8. The van der Waals surface area contributed by atoms with E-state index in [9.17, 15) is 13.6 Å². The molecule has 3 rings (SSSR count). The van der Waals surface area contributed by atoms with Gasteiger partial charge in [-0.2, -0.15) is 0 Å². The van der Waals surface area contributed by atoms with Gasteiger partial charge in [0.15, 0.2) is 0 Å². The molecule has 7 heteroatoms. The van der Waals surface area contributed by atoms with Crippen molar-refractivity contribution in [1.29, 1.82) is 0 Å². The molecule has 3 aromatic rings. The fourth-order valence-corrected chi connectivity index (χ4v) is 2.29. The van der Waals surface area contributed by atoms with Gasteiger partial charge in [0.2, 0.25) is 0 Å². The van der Waals surface area contributed by atoms with Crippen LogP contribution in [0.5, 0.6) is 0 Å². The number of para-hydroxylation sites is 2. The number of amides is 1. The van der Waals surface area contributed by atoms with E-state index >= 15 is 0 Å². The van der Waals surface area contributed by atoms with Gasteiger partial charge in [-0.05, 0) is 36.4 Å². The third kappa shape index (κ3) is 3.92. The van der Waals surface area contributed by atoms with Crippen molar-refractivity contribution in [2.24, 2.45) is 0 Å². The molecular weight excluding hydrogens is 348 g/mol. The first-order valence-electron chi connectivity index (χ1n) is 7.27. The third-order valence-corrected chi connectivity index (χ3v) is 3.69. The van der Waals surface area contributed by atoms with Gasteiger partial charge in [0, 0.05) is 6.20 Å². The molecule has 1 aromatic heterocycles. The molecule has 126 valence electrons. The fraction of sp³-hybridized carbons (Fsp3) is 0. The summed E-state index contributed by atoms with van der Waals surface area (Å²) >= 11 is 5.99. The van der Waals surface area contributed by atoms with Gasteiger partial charge < -0.3 is 10.6 Å². The standard InChI is InChI=1S/C18H12ClF2N3O/c19-12-4-1-2-7-15(12)23-18(25)11-8-9-16(22-10-11)24-17-13(20)5-3-6-14(17)21/h1-10H,(H,22,24)(H,23,25). The summed E-state index contributed by atoms with van der Waals surface area (Å²) in [5, 5.41) is 5.63. The van der Waals surface area contributed by atoms with Crippen molar-refractivity contribution < 1.29 is 13.6 Å². The van der Waals surface area contributed by atoms with Crippen molar-refractivity contribution in [2.75, 3.05) is 10.6 Å². The molecular formula is C18H12ClF2N3O. The number of nitrogens with zero attached hydrogens (tertiary/aromatic N) is 1. The van der Waals surface area contributed by atoms with Gasteiger partial charge in [0.1, 0.15) is 23.1 Å². The minimum atomic E-state index is -0.734. The zero-order chi connectivity index (χ0) is 17.8. The van der Waals surface area contributed by atoms with Crippen LogP contribution in [0.4, 0.5) is 26.0 Å². The number of rotatable bonds is 4. The number of benzene rings is 2. The molecule has 0 fully saturated rings. The number of anilines is 3. The second-order valence-corrected chi connectivity index (χ2v) is 5.49. The molecule has 0 radical (unpaired) electrons. The Hall–Kier alpha value is -2.99. The summed E-state index contributed by atoms with van der Waals surface area (Å²) in [5.74, 6) is -1.66. The van der Waals surface area contributed by atoms with Crippen LogP contribution in [0.1, 0.15) is 10.4 Å². The first kappa shape index (κ1) is 16.9. The number of carbonyl (C=O) groups is 1. The Balaban J connectivity index is 1.74. The highest BCUT2D eigenvalue weighted by Crippen LogP contribution is 2.23. The van der Waals surface area contributed by atoms with E-state index in [0.29, 0.717) is 10.7 Å². The Morgan fingerprint density at radius 2 is 1.68 bits per heavy atom. The quantitative estimate of drug-likeness (QED) is 0.688. The van der Waals surface area contributed by atoms with Gasteiger partial charge in [0.25, 0.3) is 5.91 Å². The summed E-state index contributed by atoms with van der Waals surface area (Å²) < 4.78 is 27.2. The van der Waals surface area contributed by atoms with Crippen LogP contribution in [0, 0.1) is 11.6 Å². The lowest BCUT2D eigenvalue weighted by Gasteiger charge is -2.09. The topological polar surface area (TPSA) is 54.0 Å². The van der Waals surface area contributed by atoms with E-state index in [1.807, 2.05) is 0 Å². The Labute approximate surface area is 147 Å². The minimum Gasteiger partial charge on any atom is -0.335 e. The maximum absolute atomic E-state index is 13.6.